The summed E-state index contributed by atoms with van der Waals surface area (Å²) in [6, 6.07) is 14.8. The van der Waals surface area contributed by atoms with Crippen molar-refractivity contribution in [2.75, 3.05) is 5.32 Å². The first-order chi connectivity index (χ1) is 12.8. The number of anilines is 1. The third-order valence-corrected chi connectivity index (χ3v) is 3.79. The molecular formula is C21H23N3O2S. The average molecular weight is 382 g/mol. The Balaban J connectivity index is 1.98. The van der Waals surface area contributed by atoms with Crippen molar-refractivity contribution in [1.29, 1.82) is 0 Å². The normalized spacial score (nSPS) is 10.7. The van der Waals surface area contributed by atoms with Crippen LogP contribution in [0.25, 0.3) is 6.08 Å². The standard InChI is InChI=1S/C21H23N3O2S/c1-14(2)22-20(26)17-6-4-5-7-18(17)23-21(27)24-19(25)13-12-16-10-8-15(3)9-11-16/h4-14H,1-3H3,(H,22,26)(H2,23,24,25,27)/b13-12+. The van der Waals surface area contributed by atoms with Gasteiger partial charge in [0.25, 0.3) is 5.91 Å². The molecule has 0 atom stereocenters. The van der Waals surface area contributed by atoms with E-state index < -0.39 is 0 Å². The van der Waals surface area contributed by atoms with Gasteiger partial charge in [-0.25, -0.2) is 0 Å². The summed E-state index contributed by atoms with van der Waals surface area (Å²) in [7, 11) is 0. The Morgan fingerprint density at radius 2 is 1.70 bits per heavy atom. The predicted octanol–water partition coefficient (Wildman–Crippen LogP) is 3.66. The van der Waals surface area contributed by atoms with E-state index in [0.29, 0.717) is 11.3 Å². The molecule has 0 heterocycles. The van der Waals surface area contributed by atoms with Gasteiger partial charge in [-0.05, 0) is 56.8 Å². The first-order valence-electron chi connectivity index (χ1n) is 8.62. The van der Waals surface area contributed by atoms with Gasteiger partial charge in [-0.1, -0.05) is 42.0 Å². The molecule has 2 aromatic rings. The zero-order valence-corrected chi connectivity index (χ0v) is 16.4. The summed E-state index contributed by atoms with van der Waals surface area (Å²) in [4.78, 5) is 24.3. The largest absolute Gasteiger partial charge is 0.350 e. The van der Waals surface area contributed by atoms with Crippen LogP contribution in [0.2, 0.25) is 0 Å². The minimum absolute atomic E-state index is 0.0177. The number of benzene rings is 2. The Labute approximate surface area is 164 Å². The highest BCUT2D eigenvalue weighted by Crippen LogP contribution is 2.15. The van der Waals surface area contributed by atoms with Gasteiger partial charge in [0, 0.05) is 12.1 Å². The average Bonchev–Trinajstić information content (AvgIpc) is 2.61. The van der Waals surface area contributed by atoms with Crippen molar-refractivity contribution < 1.29 is 9.59 Å². The van der Waals surface area contributed by atoms with Gasteiger partial charge in [-0.3, -0.25) is 14.9 Å². The van der Waals surface area contributed by atoms with Crippen molar-refractivity contribution in [3.63, 3.8) is 0 Å². The molecule has 3 N–H and O–H groups in total. The number of carbonyl (C=O) groups excluding carboxylic acids is 2. The highest BCUT2D eigenvalue weighted by molar-refractivity contribution is 7.80. The second-order valence-electron chi connectivity index (χ2n) is 6.36. The summed E-state index contributed by atoms with van der Waals surface area (Å²) in [5, 5.41) is 8.44. The quantitative estimate of drug-likeness (QED) is 0.546. The Kier molecular flexibility index (Phi) is 7.25. The highest BCUT2D eigenvalue weighted by Gasteiger charge is 2.13. The molecule has 2 aromatic carbocycles. The summed E-state index contributed by atoms with van der Waals surface area (Å²) < 4.78 is 0. The van der Waals surface area contributed by atoms with Gasteiger partial charge in [0.05, 0.1) is 11.3 Å². The summed E-state index contributed by atoms with van der Waals surface area (Å²) in [6.07, 6.45) is 3.12. The van der Waals surface area contributed by atoms with E-state index in [2.05, 4.69) is 16.0 Å². The number of hydrogen-bond donors (Lipinski definition) is 3. The van der Waals surface area contributed by atoms with Crippen molar-refractivity contribution in [1.82, 2.24) is 10.6 Å². The molecule has 0 aliphatic carbocycles. The van der Waals surface area contributed by atoms with Crippen molar-refractivity contribution in [3.05, 3.63) is 71.3 Å². The molecular weight excluding hydrogens is 358 g/mol. The molecule has 5 nitrogen and oxygen atoms in total. The van der Waals surface area contributed by atoms with E-state index in [9.17, 15) is 9.59 Å². The minimum atomic E-state index is -0.350. The molecule has 0 saturated carbocycles. The number of carbonyl (C=O) groups is 2. The molecule has 0 unspecified atom stereocenters. The predicted molar refractivity (Wildman–Crippen MR) is 114 cm³/mol. The minimum Gasteiger partial charge on any atom is -0.350 e. The van der Waals surface area contributed by atoms with Crippen LogP contribution in [-0.4, -0.2) is 23.0 Å². The molecule has 0 radical (unpaired) electrons. The monoisotopic (exact) mass is 381 g/mol. The van der Waals surface area contributed by atoms with Gasteiger partial charge in [0.15, 0.2) is 5.11 Å². The fourth-order valence-corrected chi connectivity index (χ4v) is 2.50. The van der Waals surface area contributed by atoms with Crippen molar-refractivity contribution in [2.24, 2.45) is 0 Å². The Morgan fingerprint density at radius 3 is 2.37 bits per heavy atom. The molecule has 0 saturated heterocycles. The summed E-state index contributed by atoms with van der Waals surface area (Å²) >= 11 is 5.19. The van der Waals surface area contributed by atoms with Crippen LogP contribution in [0.3, 0.4) is 0 Å². The van der Waals surface area contributed by atoms with Gasteiger partial charge in [0.2, 0.25) is 5.91 Å². The molecule has 0 fully saturated rings. The topological polar surface area (TPSA) is 70.2 Å². The second-order valence-corrected chi connectivity index (χ2v) is 6.77. The maximum Gasteiger partial charge on any atom is 0.253 e. The van der Waals surface area contributed by atoms with Crippen LogP contribution < -0.4 is 16.0 Å². The number of aryl methyl sites for hydroxylation is 1. The van der Waals surface area contributed by atoms with Crippen LogP contribution in [-0.2, 0) is 4.79 Å². The highest BCUT2D eigenvalue weighted by atomic mass is 32.1. The van der Waals surface area contributed by atoms with Crippen LogP contribution in [0, 0.1) is 6.92 Å². The fourth-order valence-electron chi connectivity index (χ4n) is 2.29. The van der Waals surface area contributed by atoms with Crippen molar-refractivity contribution in [3.8, 4) is 0 Å². The smallest absolute Gasteiger partial charge is 0.253 e. The van der Waals surface area contributed by atoms with E-state index in [0.717, 1.165) is 11.1 Å². The number of para-hydroxylation sites is 1. The molecule has 0 aromatic heterocycles. The van der Waals surface area contributed by atoms with Gasteiger partial charge in [-0.2, -0.15) is 0 Å². The van der Waals surface area contributed by atoms with E-state index in [4.69, 9.17) is 12.2 Å². The van der Waals surface area contributed by atoms with Crippen LogP contribution in [0.15, 0.2) is 54.6 Å². The van der Waals surface area contributed by atoms with Crippen molar-refractivity contribution in [2.45, 2.75) is 26.8 Å². The van der Waals surface area contributed by atoms with Gasteiger partial charge >= 0.3 is 0 Å². The third-order valence-electron chi connectivity index (χ3n) is 3.58. The first-order valence-corrected chi connectivity index (χ1v) is 9.02. The lowest BCUT2D eigenvalue weighted by atomic mass is 10.1. The number of nitrogens with one attached hydrogen (secondary N) is 3. The van der Waals surface area contributed by atoms with Crippen LogP contribution >= 0.6 is 12.2 Å². The zero-order chi connectivity index (χ0) is 19.8. The number of rotatable bonds is 5. The molecule has 0 spiro atoms. The molecule has 0 aliphatic rings. The molecule has 2 rings (SSSR count). The van der Waals surface area contributed by atoms with Gasteiger partial charge in [-0.15, -0.1) is 0 Å². The second kappa shape index (κ2) is 9.64. The summed E-state index contributed by atoms with van der Waals surface area (Å²) in [5.41, 5.74) is 3.06. The SMILES string of the molecule is Cc1ccc(/C=C/C(=O)NC(=S)Nc2ccccc2C(=O)NC(C)C)cc1. The van der Waals surface area contributed by atoms with E-state index in [1.807, 2.05) is 45.0 Å². The van der Waals surface area contributed by atoms with Crippen LogP contribution in [0.5, 0.6) is 0 Å². The van der Waals surface area contributed by atoms with Crippen molar-refractivity contribution >= 4 is 40.9 Å². The van der Waals surface area contributed by atoms with E-state index in [1.165, 1.54) is 6.08 Å². The Hall–Kier alpha value is -2.99. The van der Waals surface area contributed by atoms with Gasteiger partial charge in [0.1, 0.15) is 0 Å². The number of amides is 2. The maximum atomic E-state index is 12.3. The third kappa shape index (κ3) is 6.67. The van der Waals surface area contributed by atoms with E-state index in [-0.39, 0.29) is 23.0 Å². The molecule has 6 heteroatoms. The fraction of sp³-hybridized carbons (Fsp3) is 0.190. The molecule has 2 amide bonds. The first kappa shape index (κ1) is 20.3. The molecule has 0 bridgehead atoms. The molecule has 140 valence electrons. The van der Waals surface area contributed by atoms with E-state index in [1.54, 1.807) is 30.3 Å². The Bertz CT molecular complexity index is 858. The lowest BCUT2D eigenvalue weighted by Gasteiger charge is -2.14. The van der Waals surface area contributed by atoms with Crippen LogP contribution in [0.1, 0.15) is 35.3 Å². The number of thiocarbonyl (C=S) groups is 1. The Morgan fingerprint density at radius 1 is 1.04 bits per heavy atom. The number of hydrogen-bond acceptors (Lipinski definition) is 3. The van der Waals surface area contributed by atoms with Crippen LogP contribution in [0.4, 0.5) is 5.69 Å². The summed E-state index contributed by atoms with van der Waals surface area (Å²) in [5.74, 6) is -0.557. The molecule has 27 heavy (non-hydrogen) atoms. The zero-order valence-electron chi connectivity index (χ0n) is 15.6. The maximum absolute atomic E-state index is 12.3. The summed E-state index contributed by atoms with van der Waals surface area (Å²) in [6.45, 7) is 5.78. The lowest BCUT2D eigenvalue weighted by Crippen LogP contribution is -2.34. The lowest BCUT2D eigenvalue weighted by molar-refractivity contribution is -0.115. The van der Waals surface area contributed by atoms with E-state index >= 15 is 0 Å². The molecule has 0 aliphatic heterocycles. The van der Waals surface area contributed by atoms with Gasteiger partial charge < -0.3 is 10.6 Å².